The van der Waals surface area contributed by atoms with E-state index in [-0.39, 0.29) is 21.9 Å². The predicted molar refractivity (Wildman–Crippen MR) is 144 cm³/mol. The van der Waals surface area contributed by atoms with Gasteiger partial charge in [-0.05, 0) is 47.5 Å². The molecule has 1 unspecified atom stereocenters. The summed E-state index contributed by atoms with van der Waals surface area (Å²) in [6.45, 7) is 0.308. The molecular formula is C24H21Cl2N5O2S2. The summed E-state index contributed by atoms with van der Waals surface area (Å²) in [6.07, 6.45) is 0. The lowest BCUT2D eigenvalue weighted by molar-refractivity contribution is 0.429. The number of hydrogen-bond donors (Lipinski definition) is 2. The van der Waals surface area contributed by atoms with E-state index in [4.69, 9.17) is 33.7 Å². The number of thiol groups is 1. The zero-order valence-corrected chi connectivity index (χ0v) is 21.7. The second-order valence-electron chi connectivity index (χ2n) is 7.74. The van der Waals surface area contributed by atoms with Crippen molar-refractivity contribution < 1.29 is 8.42 Å². The molecule has 1 N–H and O–H groups in total. The summed E-state index contributed by atoms with van der Waals surface area (Å²) in [7, 11) is -2.62. The maximum atomic E-state index is 13.1. The number of sulfonamides is 1. The Morgan fingerprint density at radius 2 is 1.60 bits per heavy atom. The van der Waals surface area contributed by atoms with Crippen LogP contribution in [0, 0.1) is 5.41 Å². The number of halogens is 2. The van der Waals surface area contributed by atoms with Crippen LogP contribution in [-0.2, 0) is 10.0 Å². The van der Waals surface area contributed by atoms with Crippen LogP contribution >= 0.6 is 35.8 Å². The Morgan fingerprint density at radius 1 is 1.03 bits per heavy atom. The van der Waals surface area contributed by atoms with Crippen LogP contribution in [0.5, 0.6) is 0 Å². The summed E-state index contributed by atoms with van der Waals surface area (Å²) in [6, 6.07) is 22.8. The van der Waals surface area contributed by atoms with Crippen LogP contribution in [0.4, 0.5) is 0 Å². The zero-order valence-electron chi connectivity index (χ0n) is 18.5. The number of guanidine groups is 1. The molecule has 7 nitrogen and oxygen atoms in total. The quantitative estimate of drug-likeness (QED) is 0.263. The van der Waals surface area contributed by atoms with Gasteiger partial charge < -0.3 is 0 Å². The first-order valence-corrected chi connectivity index (χ1v) is 13.1. The Balaban J connectivity index is 1.82. The minimum absolute atomic E-state index is 0.0285. The van der Waals surface area contributed by atoms with Gasteiger partial charge in [0, 0.05) is 23.0 Å². The number of nitrogens with one attached hydrogen (secondary N) is 1. The molecule has 0 saturated heterocycles. The van der Waals surface area contributed by atoms with Crippen LogP contribution in [0.1, 0.15) is 17.0 Å². The highest BCUT2D eigenvalue weighted by atomic mass is 35.5. The van der Waals surface area contributed by atoms with Crippen molar-refractivity contribution in [2.45, 2.75) is 10.8 Å². The van der Waals surface area contributed by atoms with Crippen LogP contribution in [0.25, 0.3) is 0 Å². The van der Waals surface area contributed by atoms with Gasteiger partial charge in [0.25, 0.3) is 10.0 Å². The van der Waals surface area contributed by atoms with Crippen molar-refractivity contribution in [2.24, 2.45) is 9.50 Å². The summed E-state index contributed by atoms with van der Waals surface area (Å²) in [5, 5.41) is 15.1. The Labute approximate surface area is 219 Å². The first-order chi connectivity index (χ1) is 16.7. The molecule has 0 saturated carbocycles. The second kappa shape index (κ2) is 10.4. The largest absolute Gasteiger partial charge is 0.293 e. The minimum Gasteiger partial charge on any atom is -0.293 e. The topological polar surface area (TPSA) is 89.2 Å². The molecule has 0 fully saturated rings. The molecule has 0 aliphatic carbocycles. The van der Waals surface area contributed by atoms with Crippen molar-refractivity contribution in [2.75, 3.05) is 13.6 Å². The number of nitrogens with zero attached hydrogens (tertiary/aromatic N) is 4. The fourth-order valence-corrected chi connectivity index (χ4v) is 4.96. The van der Waals surface area contributed by atoms with Crippen molar-refractivity contribution in [1.82, 2.24) is 9.91 Å². The van der Waals surface area contributed by atoms with Crippen molar-refractivity contribution in [1.29, 1.82) is 5.41 Å². The summed E-state index contributed by atoms with van der Waals surface area (Å²) in [5.74, 6) is -0.229. The SMILES string of the molecule is CN(C(=N)S)/C(=N\S(=O)(=O)c1ccc(Cl)cc1)N1CC(c2ccccc2)C(c2ccc(Cl)cc2)=N1. The molecule has 0 bridgehead atoms. The molecule has 180 valence electrons. The smallest absolute Gasteiger partial charge is 0.285 e. The lowest BCUT2D eigenvalue weighted by Crippen LogP contribution is -2.41. The zero-order chi connectivity index (χ0) is 25.2. The van der Waals surface area contributed by atoms with Gasteiger partial charge >= 0.3 is 0 Å². The molecular weight excluding hydrogens is 525 g/mol. The van der Waals surface area contributed by atoms with E-state index >= 15 is 0 Å². The Hall–Kier alpha value is -2.85. The molecule has 4 rings (SSSR count). The van der Waals surface area contributed by atoms with E-state index in [1.165, 1.54) is 41.2 Å². The Morgan fingerprint density at radius 3 is 2.17 bits per heavy atom. The summed E-state index contributed by atoms with van der Waals surface area (Å²) < 4.78 is 30.3. The van der Waals surface area contributed by atoms with Crippen molar-refractivity contribution in [3.8, 4) is 0 Å². The van der Waals surface area contributed by atoms with Crippen LogP contribution in [0.3, 0.4) is 0 Å². The van der Waals surface area contributed by atoms with Gasteiger partial charge in [-0.2, -0.15) is 13.5 Å². The van der Waals surface area contributed by atoms with Crippen LogP contribution in [0.15, 0.2) is 93.3 Å². The third-order valence-corrected chi connectivity index (χ3v) is 7.49. The molecule has 0 spiro atoms. The maximum absolute atomic E-state index is 13.1. The van der Waals surface area contributed by atoms with E-state index in [2.05, 4.69) is 17.0 Å². The number of hydrazone groups is 1. The van der Waals surface area contributed by atoms with Gasteiger partial charge in [0.05, 0.1) is 17.2 Å². The average Bonchev–Trinajstić information content (AvgIpc) is 3.28. The first kappa shape index (κ1) is 25.2. The van der Waals surface area contributed by atoms with Crippen molar-refractivity contribution in [3.63, 3.8) is 0 Å². The molecule has 1 heterocycles. The summed E-state index contributed by atoms with van der Waals surface area (Å²) in [4.78, 5) is 1.23. The van der Waals surface area contributed by atoms with Crippen molar-refractivity contribution in [3.05, 3.63) is 100 Å². The van der Waals surface area contributed by atoms with Gasteiger partial charge in [-0.25, -0.2) is 5.01 Å². The molecule has 0 aromatic heterocycles. The lowest BCUT2D eigenvalue weighted by Gasteiger charge is -2.25. The maximum Gasteiger partial charge on any atom is 0.285 e. The highest BCUT2D eigenvalue weighted by molar-refractivity contribution is 7.96. The summed E-state index contributed by atoms with van der Waals surface area (Å²) in [5.41, 5.74) is 2.57. The normalized spacial score (nSPS) is 16.2. The van der Waals surface area contributed by atoms with E-state index in [0.717, 1.165) is 16.8 Å². The Bertz CT molecular complexity index is 1390. The molecule has 11 heteroatoms. The third-order valence-electron chi connectivity index (χ3n) is 5.42. The highest BCUT2D eigenvalue weighted by Crippen LogP contribution is 2.30. The van der Waals surface area contributed by atoms with Crippen LogP contribution in [-0.4, -0.2) is 48.8 Å². The van der Waals surface area contributed by atoms with E-state index in [9.17, 15) is 8.42 Å². The molecule has 3 aromatic rings. The molecule has 1 aliphatic rings. The Kier molecular flexibility index (Phi) is 7.51. The molecule has 1 aliphatic heterocycles. The second-order valence-corrected chi connectivity index (χ2v) is 10.6. The number of rotatable bonds is 4. The first-order valence-electron chi connectivity index (χ1n) is 10.4. The lowest BCUT2D eigenvalue weighted by atomic mass is 9.91. The highest BCUT2D eigenvalue weighted by Gasteiger charge is 2.34. The fourth-order valence-electron chi connectivity index (χ4n) is 3.60. The monoisotopic (exact) mass is 545 g/mol. The summed E-state index contributed by atoms with van der Waals surface area (Å²) >= 11 is 16.1. The van der Waals surface area contributed by atoms with Gasteiger partial charge in [-0.1, -0.05) is 65.7 Å². The number of amidine groups is 1. The molecule has 35 heavy (non-hydrogen) atoms. The molecule has 0 radical (unpaired) electrons. The average molecular weight is 547 g/mol. The van der Waals surface area contributed by atoms with E-state index in [1.54, 1.807) is 12.1 Å². The van der Waals surface area contributed by atoms with E-state index in [1.807, 2.05) is 42.5 Å². The van der Waals surface area contributed by atoms with Gasteiger partial charge in [0.2, 0.25) is 5.96 Å². The molecule has 3 aromatic carbocycles. The van der Waals surface area contributed by atoms with Gasteiger partial charge in [-0.3, -0.25) is 10.3 Å². The van der Waals surface area contributed by atoms with Gasteiger partial charge in [0.15, 0.2) is 5.17 Å². The van der Waals surface area contributed by atoms with Crippen LogP contribution < -0.4 is 0 Å². The van der Waals surface area contributed by atoms with E-state index in [0.29, 0.717) is 16.6 Å². The van der Waals surface area contributed by atoms with Crippen LogP contribution in [0.2, 0.25) is 10.0 Å². The molecule has 0 amide bonds. The van der Waals surface area contributed by atoms with Crippen molar-refractivity contribution >= 4 is 62.7 Å². The number of benzene rings is 3. The molecule has 1 atom stereocenters. The van der Waals surface area contributed by atoms with E-state index < -0.39 is 10.0 Å². The predicted octanol–water partition coefficient (Wildman–Crippen LogP) is 5.34. The number of hydrogen-bond acceptors (Lipinski definition) is 4. The third kappa shape index (κ3) is 5.70. The van der Waals surface area contributed by atoms with Gasteiger partial charge in [0.1, 0.15) is 0 Å². The van der Waals surface area contributed by atoms with Gasteiger partial charge in [-0.15, -0.1) is 17.0 Å². The minimum atomic E-state index is -4.13. The fraction of sp³-hybridized carbons (Fsp3) is 0.125. The standard InChI is InChI=1S/C24H21Cl2N5O2S2/c1-30(23(27)34)24(29-35(32,33)20-13-11-19(26)12-14-20)31-15-21(16-5-3-2-4-6-16)22(28-31)17-7-9-18(25)10-8-17/h2-14,21H,15H2,1H3,(H2,27,34)/b29-24+.